The van der Waals surface area contributed by atoms with Crippen molar-refractivity contribution in [1.29, 1.82) is 0 Å². The van der Waals surface area contributed by atoms with Gasteiger partial charge in [-0.25, -0.2) is 0 Å². The summed E-state index contributed by atoms with van der Waals surface area (Å²) in [6.45, 7) is 4.19. The van der Waals surface area contributed by atoms with Crippen molar-refractivity contribution in [3.05, 3.63) is 46.6 Å². The van der Waals surface area contributed by atoms with Gasteiger partial charge >= 0.3 is 0 Å². The molecule has 1 heterocycles. The SMILES string of the molecule is Cc1ccc(Cc2cc(N)on2)c(C)c1. The molecule has 2 rings (SSSR count). The van der Waals surface area contributed by atoms with E-state index in [0.717, 1.165) is 12.1 Å². The number of nitrogens with zero attached hydrogens (tertiary/aromatic N) is 1. The zero-order valence-corrected chi connectivity index (χ0v) is 8.95. The Morgan fingerprint density at radius 2 is 2.07 bits per heavy atom. The highest BCUT2D eigenvalue weighted by atomic mass is 16.5. The highest BCUT2D eigenvalue weighted by Gasteiger charge is 2.04. The van der Waals surface area contributed by atoms with Gasteiger partial charge in [0, 0.05) is 12.5 Å². The fourth-order valence-electron chi connectivity index (χ4n) is 1.65. The highest BCUT2D eigenvalue weighted by molar-refractivity contribution is 5.35. The van der Waals surface area contributed by atoms with Crippen molar-refractivity contribution >= 4 is 5.88 Å². The van der Waals surface area contributed by atoms with Gasteiger partial charge < -0.3 is 10.3 Å². The molecule has 0 fully saturated rings. The van der Waals surface area contributed by atoms with E-state index in [0.29, 0.717) is 5.88 Å². The molecule has 1 aromatic heterocycles. The third-order valence-electron chi connectivity index (χ3n) is 2.45. The van der Waals surface area contributed by atoms with Crippen molar-refractivity contribution in [3.63, 3.8) is 0 Å². The molecule has 0 amide bonds. The maximum Gasteiger partial charge on any atom is 0.222 e. The van der Waals surface area contributed by atoms with E-state index in [1.807, 2.05) is 0 Å². The minimum Gasteiger partial charge on any atom is -0.368 e. The monoisotopic (exact) mass is 202 g/mol. The van der Waals surface area contributed by atoms with Gasteiger partial charge in [-0.1, -0.05) is 28.9 Å². The minimum atomic E-state index is 0.370. The highest BCUT2D eigenvalue weighted by Crippen LogP contribution is 2.16. The van der Waals surface area contributed by atoms with Gasteiger partial charge in [0.15, 0.2) is 0 Å². The number of aryl methyl sites for hydroxylation is 2. The van der Waals surface area contributed by atoms with E-state index < -0.39 is 0 Å². The van der Waals surface area contributed by atoms with Crippen LogP contribution in [-0.2, 0) is 6.42 Å². The molecule has 3 heteroatoms. The maximum absolute atomic E-state index is 5.47. The van der Waals surface area contributed by atoms with Gasteiger partial charge in [-0.2, -0.15) is 0 Å². The molecule has 2 N–H and O–H groups in total. The summed E-state index contributed by atoms with van der Waals surface area (Å²) < 4.78 is 4.83. The summed E-state index contributed by atoms with van der Waals surface area (Å²) in [5.74, 6) is 0.370. The zero-order valence-electron chi connectivity index (χ0n) is 8.95. The van der Waals surface area contributed by atoms with Crippen LogP contribution in [0.5, 0.6) is 0 Å². The number of aromatic nitrogens is 1. The first-order valence-electron chi connectivity index (χ1n) is 4.92. The topological polar surface area (TPSA) is 52.0 Å². The van der Waals surface area contributed by atoms with Crippen molar-refractivity contribution in [2.24, 2.45) is 0 Å². The lowest BCUT2D eigenvalue weighted by atomic mass is 10.0. The van der Waals surface area contributed by atoms with Crippen LogP contribution in [0, 0.1) is 13.8 Å². The fourth-order valence-corrected chi connectivity index (χ4v) is 1.65. The van der Waals surface area contributed by atoms with Crippen molar-refractivity contribution < 1.29 is 4.52 Å². The first kappa shape index (κ1) is 9.77. The minimum absolute atomic E-state index is 0.370. The molecule has 0 saturated heterocycles. The van der Waals surface area contributed by atoms with Crippen LogP contribution >= 0.6 is 0 Å². The normalized spacial score (nSPS) is 10.5. The molecule has 0 saturated carbocycles. The van der Waals surface area contributed by atoms with E-state index in [-0.39, 0.29) is 0 Å². The summed E-state index contributed by atoms with van der Waals surface area (Å²) in [6.07, 6.45) is 0.771. The number of benzene rings is 1. The van der Waals surface area contributed by atoms with Crippen molar-refractivity contribution in [2.75, 3.05) is 5.73 Å². The molecule has 2 aromatic rings. The van der Waals surface area contributed by atoms with Crippen molar-refractivity contribution in [3.8, 4) is 0 Å². The van der Waals surface area contributed by atoms with Gasteiger partial charge in [-0.15, -0.1) is 0 Å². The summed E-state index contributed by atoms with van der Waals surface area (Å²) in [7, 11) is 0. The number of nitrogens with two attached hydrogens (primary N) is 1. The Morgan fingerprint density at radius 1 is 1.27 bits per heavy atom. The number of hydrogen-bond donors (Lipinski definition) is 1. The summed E-state index contributed by atoms with van der Waals surface area (Å²) in [6, 6.07) is 8.15. The molecule has 0 aliphatic heterocycles. The van der Waals surface area contributed by atoms with Gasteiger partial charge in [0.25, 0.3) is 0 Å². The summed E-state index contributed by atoms with van der Waals surface area (Å²) >= 11 is 0. The van der Waals surface area contributed by atoms with Gasteiger partial charge in [0.1, 0.15) is 0 Å². The van der Waals surface area contributed by atoms with Gasteiger partial charge in [0.2, 0.25) is 5.88 Å². The first-order chi connectivity index (χ1) is 7.15. The van der Waals surface area contributed by atoms with Gasteiger partial charge in [0.05, 0.1) is 5.69 Å². The maximum atomic E-state index is 5.47. The van der Waals surface area contributed by atoms with Gasteiger partial charge in [-0.3, -0.25) is 0 Å². The molecule has 0 radical (unpaired) electrons. The Kier molecular flexibility index (Phi) is 2.46. The van der Waals surface area contributed by atoms with Crippen molar-refractivity contribution in [1.82, 2.24) is 5.16 Å². The predicted octanol–water partition coefficient (Wildman–Crippen LogP) is 2.46. The van der Waals surface area contributed by atoms with Crippen LogP contribution in [0.15, 0.2) is 28.8 Å². The Labute approximate surface area is 88.9 Å². The molecule has 15 heavy (non-hydrogen) atoms. The smallest absolute Gasteiger partial charge is 0.222 e. The van der Waals surface area contributed by atoms with E-state index in [1.54, 1.807) is 6.07 Å². The van der Waals surface area contributed by atoms with E-state index >= 15 is 0 Å². The van der Waals surface area contributed by atoms with E-state index in [9.17, 15) is 0 Å². The Balaban J connectivity index is 2.24. The molecule has 0 unspecified atom stereocenters. The van der Waals surface area contributed by atoms with E-state index in [2.05, 4.69) is 37.2 Å². The first-order valence-corrected chi connectivity index (χ1v) is 4.92. The quantitative estimate of drug-likeness (QED) is 0.813. The second-order valence-electron chi connectivity index (χ2n) is 3.83. The number of nitrogen functional groups attached to an aromatic ring is 1. The number of anilines is 1. The van der Waals surface area contributed by atoms with Crippen LogP contribution in [0.25, 0.3) is 0 Å². The predicted molar refractivity (Wildman–Crippen MR) is 59.6 cm³/mol. The molecule has 0 spiro atoms. The molecule has 0 aliphatic rings. The average molecular weight is 202 g/mol. The van der Waals surface area contributed by atoms with Crippen LogP contribution in [0.2, 0.25) is 0 Å². The average Bonchev–Trinajstić information content (AvgIpc) is 2.56. The Hall–Kier alpha value is -1.77. The molecule has 0 bridgehead atoms. The van der Waals surface area contributed by atoms with Crippen LogP contribution in [0.4, 0.5) is 5.88 Å². The third kappa shape index (κ3) is 2.18. The van der Waals surface area contributed by atoms with Crippen LogP contribution in [0.1, 0.15) is 22.4 Å². The molecule has 78 valence electrons. The lowest BCUT2D eigenvalue weighted by Crippen LogP contribution is -1.92. The van der Waals surface area contributed by atoms with Crippen LogP contribution < -0.4 is 5.73 Å². The van der Waals surface area contributed by atoms with Crippen LogP contribution in [-0.4, -0.2) is 5.16 Å². The van der Waals surface area contributed by atoms with E-state index in [4.69, 9.17) is 10.3 Å². The van der Waals surface area contributed by atoms with Crippen LogP contribution in [0.3, 0.4) is 0 Å². The lowest BCUT2D eigenvalue weighted by molar-refractivity contribution is 0.429. The van der Waals surface area contributed by atoms with E-state index in [1.165, 1.54) is 16.7 Å². The third-order valence-corrected chi connectivity index (χ3v) is 2.45. The molecule has 1 aromatic carbocycles. The molecule has 3 nitrogen and oxygen atoms in total. The van der Waals surface area contributed by atoms with Gasteiger partial charge in [-0.05, 0) is 25.0 Å². The Morgan fingerprint density at radius 3 is 2.67 bits per heavy atom. The number of hydrogen-bond acceptors (Lipinski definition) is 3. The standard InChI is InChI=1S/C12H14N2O/c1-8-3-4-10(9(2)5-8)6-11-7-12(13)15-14-11/h3-5,7H,6,13H2,1-2H3. The summed E-state index contributed by atoms with van der Waals surface area (Å²) in [5, 5.41) is 3.87. The van der Waals surface area contributed by atoms with Crippen molar-refractivity contribution in [2.45, 2.75) is 20.3 Å². The second kappa shape index (κ2) is 3.77. The molecule has 0 aliphatic carbocycles. The molecular weight excluding hydrogens is 188 g/mol. The molecule has 0 atom stereocenters. The molecular formula is C12H14N2O. The second-order valence-corrected chi connectivity index (χ2v) is 3.83. The largest absolute Gasteiger partial charge is 0.368 e. The Bertz CT molecular complexity index is 474. The summed E-state index contributed by atoms with van der Waals surface area (Å²) in [5.41, 5.74) is 10.1. The fraction of sp³-hybridized carbons (Fsp3) is 0.250. The summed E-state index contributed by atoms with van der Waals surface area (Å²) in [4.78, 5) is 0. The zero-order chi connectivity index (χ0) is 10.8. The lowest BCUT2D eigenvalue weighted by Gasteiger charge is -2.04. The number of rotatable bonds is 2.